The Morgan fingerprint density at radius 2 is 2.29 bits per heavy atom. The molecule has 2 aromatic rings. The first-order valence-corrected chi connectivity index (χ1v) is 5.40. The van der Waals surface area contributed by atoms with Crippen molar-refractivity contribution in [3.8, 4) is 0 Å². The molecule has 0 atom stereocenters. The molecule has 0 fully saturated rings. The Kier molecular flexibility index (Phi) is 3.10. The summed E-state index contributed by atoms with van der Waals surface area (Å²) in [7, 11) is 1.89. The second-order valence-electron chi connectivity index (χ2n) is 3.73. The van der Waals surface area contributed by atoms with E-state index in [9.17, 15) is 4.79 Å². The fraction of sp³-hybridized carbons (Fsp3) is 0.333. The number of carboxylic acids is 1. The van der Waals surface area contributed by atoms with Gasteiger partial charge in [0.25, 0.3) is 0 Å². The lowest BCUT2D eigenvalue weighted by Gasteiger charge is -2.01. The Balaban J connectivity index is 2.45. The van der Waals surface area contributed by atoms with Crippen LogP contribution in [0.2, 0.25) is 0 Å². The minimum absolute atomic E-state index is 0.249. The second-order valence-corrected chi connectivity index (χ2v) is 3.73. The summed E-state index contributed by atoms with van der Waals surface area (Å²) >= 11 is 0. The number of carbonyl (C=O) groups is 1. The summed E-state index contributed by atoms with van der Waals surface area (Å²) in [5, 5.41) is 8.90. The monoisotopic (exact) mass is 234 g/mol. The van der Waals surface area contributed by atoms with Crippen LogP contribution in [0.15, 0.2) is 18.2 Å². The number of benzene rings is 1. The molecule has 0 saturated carbocycles. The van der Waals surface area contributed by atoms with Gasteiger partial charge < -0.3 is 14.4 Å². The van der Waals surface area contributed by atoms with Crippen LogP contribution in [0, 0.1) is 0 Å². The smallest absolute Gasteiger partial charge is 0.335 e. The number of carboxylic acid groups (broad SMARTS) is 1. The van der Waals surface area contributed by atoms with Gasteiger partial charge in [0, 0.05) is 13.7 Å². The lowest BCUT2D eigenvalue weighted by atomic mass is 10.2. The number of ether oxygens (including phenoxy) is 1. The van der Waals surface area contributed by atoms with E-state index >= 15 is 0 Å². The molecule has 90 valence electrons. The normalized spacial score (nSPS) is 10.9. The van der Waals surface area contributed by atoms with Crippen molar-refractivity contribution in [1.82, 2.24) is 9.55 Å². The molecule has 1 heterocycles. The predicted octanol–water partition coefficient (Wildman–Crippen LogP) is 1.81. The number of hydrogen-bond donors (Lipinski definition) is 1. The third-order valence-electron chi connectivity index (χ3n) is 2.66. The van der Waals surface area contributed by atoms with Crippen LogP contribution in [-0.4, -0.2) is 27.2 Å². The van der Waals surface area contributed by atoms with Gasteiger partial charge in [-0.1, -0.05) is 0 Å². The molecule has 0 amide bonds. The van der Waals surface area contributed by atoms with E-state index in [-0.39, 0.29) is 5.56 Å². The van der Waals surface area contributed by atoms with Crippen molar-refractivity contribution in [1.29, 1.82) is 0 Å². The fourth-order valence-electron chi connectivity index (χ4n) is 1.71. The van der Waals surface area contributed by atoms with Crippen LogP contribution in [0.25, 0.3) is 11.0 Å². The van der Waals surface area contributed by atoms with Crippen LogP contribution in [-0.2, 0) is 18.4 Å². The maximum atomic E-state index is 10.8. The van der Waals surface area contributed by atoms with Crippen LogP contribution in [0.3, 0.4) is 0 Å². The SMILES string of the molecule is CCOCc1nc2cc(C(=O)O)ccc2n1C. The highest BCUT2D eigenvalue weighted by Gasteiger charge is 2.10. The summed E-state index contributed by atoms with van der Waals surface area (Å²) in [5.41, 5.74) is 1.84. The average molecular weight is 234 g/mol. The molecule has 5 heteroatoms. The lowest BCUT2D eigenvalue weighted by Crippen LogP contribution is -2.00. The second kappa shape index (κ2) is 4.55. The minimum Gasteiger partial charge on any atom is -0.478 e. The van der Waals surface area contributed by atoms with E-state index in [2.05, 4.69) is 4.98 Å². The first-order chi connectivity index (χ1) is 8.13. The highest BCUT2D eigenvalue weighted by atomic mass is 16.5. The van der Waals surface area contributed by atoms with E-state index in [0.29, 0.717) is 18.7 Å². The van der Waals surface area contributed by atoms with Gasteiger partial charge in [0.05, 0.1) is 16.6 Å². The first-order valence-electron chi connectivity index (χ1n) is 5.40. The number of aromatic carboxylic acids is 1. The zero-order valence-corrected chi connectivity index (χ0v) is 9.80. The Bertz CT molecular complexity index is 560. The van der Waals surface area contributed by atoms with Crippen LogP contribution < -0.4 is 0 Å². The molecule has 0 aliphatic carbocycles. The highest BCUT2D eigenvalue weighted by Crippen LogP contribution is 2.17. The molecule has 0 unspecified atom stereocenters. The van der Waals surface area contributed by atoms with E-state index in [4.69, 9.17) is 9.84 Å². The number of rotatable bonds is 4. The van der Waals surface area contributed by atoms with Gasteiger partial charge in [-0.2, -0.15) is 0 Å². The largest absolute Gasteiger partial charge is 0.478 e. The molecule has 17 heavy (non-hydrogen) atoms. The zero-order chi connectivity index (χ0) is 12.4. The molecule has 0 aliphatic heterocycles. The van der Waals surface area contributed by atoms with Crippen LogP contribution in [0.4, 0.5) is 0 Å². The van der Waals surface area contributed by atoms with E-state index < -0.39 is 5.97 Å². The minimum atomic E-state index is -0.941. The number of nitrogens with zero attached hydrogens (tertiary/aromatic N) is 2. The van der Waals surface area contributed by atoms with Crippen LogP contribution in [0.5, 0.6) is 0 Å². The van der Waals surface area contributed by atoms with Gasteiger partial charge in [-0.15, -0.1) is 0 Å². The average Bonchev–Trinajstić information content (AvgIpc) is 2.63. The summed E-state index contributed by atoms with van der Waals surface area (Å²) in [6, 6.07) is 4.92. The molecule has 1 N–H and O–H groups in total. The highest BCUT2D eigenvalue weighted by molar-refractivity contribution is 5.92. The standard InChI is InChI=1S/C12H14N2O3/c1-3-17-7-11-13-9-6-8(12(15)16)4-5-10(9)14(11)2/h4-6H,3,7H2,1-2H3,(H,15,16). The van der Waals surface area contributed by atoms with Crippen molar-refractivity contribution in [3.05, 3.63) is 29.6 Å². The Labute approximate surface area is 98.6 Å². The van der Waals surface area contributed by atoms with E-state index in [1.54, 1.807) is 18.2 Å². The van der Waals surface area contributed by atoms with Crippen molar-refractivity contribution in [3.63, 3.8) is 0 Å². The predicted molar refractivity (Wildman–Crippen MR) is 63.0 cm³/mol. The molecular weight excluding hydrogens is 220 g/mol. The van der Waals surface area contributed by atoms with Crippen LogP contribution in [0.1, 0.15) is 23.1 Å². The number of fused-ring (bicyclic) bond motifs is 1. The lowest BCUT2D eigenvalue weighted by molar-refractivity contribution is 0.0697. The number of hydrogen-bond acceptors (Lipinski definition) is 3. The summed E-state index contributed by atoms with van der Waals surface area (Å²) in [5.74, 6) is -0.145. The van der Waals surface area contributed by atoms with Gasteiger partial charge in [-0.25, -0.2) is 9.78 Å². The molecular formula is C12H14N2O3. The molecule has 2 rings (SSSR count). The van der Waals surface area contributed by atoms with Gasteiger partial charge in [-0.05, 0) is 25.1 Å². The zero-order valence-electron chi connectivity index (χ0n) is 9.80. The first kappa shape index (κ1) is 11.6. The quantitative estimate of drug-likeness (QED) is 0.876. The van der Waals surface area contributed by atoms with E-state index in [0.717, 1.165) is 11.3 Å². The van der Waals surface area contributed by atoms with Gasteiger partial charge >= 0.3 is 5.97 Å². The van der Waals surface area contributed by atoms with Crippen molar-refractivity contribution in [2.45, 2.75) is 13.5 Å². The summed E-state index contributed by atoms with van der Waals surface area (Å²) in [6.07, 6.45) is 0. The number of aryl methyl sites for hydroxylation is 1. The number of imidazole rings is 1. The summed E-state index contributed by atoms with van der Waals surface area (Å²) < 4.78 is 7.22. The Morgan fingerprint density at radius 3 is 2.94 bits per heavy atom. The maximum absolute atomic E-state index is 10.8. The van der Waals surface area contributed by atoms with Gasteiger partial charge in [0.15, 0.2) is 0 Å². The van der Waals surface area contributed by atoms with Crippen molar-refractivity contribution < 1.29 is 14.6 Å². The Morgan fingerprint density at radius 1 is 1.53 bits per heavy atom. The molecule has 0 radical (unpaired) electrons. The molecule has 0 bridgehead atoms. The molecule has 1 aromatic carbocycles. The fourth-order valence-corrected chi connectivity index (χ4v) is 1.71. The Hall–Kier alpha value is -1.88. The van der Waals surface area contributed by atoms with E-state index in [1.165, 1.54) is 0 Å². The molecule has 5 nitrogen and oxygen atoms in total. The molecule has 1 aromatic heterocycles. The van der Waals surface area contributed by atoms with Gasteiger partial charge in [0.2, 0.25) is 0 Å². The van der Waals surface area contributed by atoms with Crippen molar-refractivity contribution in [2.24, 2.45) is 7.05 Å². The summed E-state index contributed by atoms with van der Waals surface area (Å²) in [4.78, 5) is 15.2. The topological polar surface area (TPSA) is 64.3 Å². The number of aromatic nitrogens is 2. The van der Waals surface area contributed by atoms with Gasteiger partial charge in [-0.3, -0.25) is 0 Å². The summed E-state index contributed by atoms with van der Waals surface area (Å²) in [6.45, 7) is 2.98. The maximum Gasteiger partial charge on any atom is 0.335 e. The molecule has 0 spiro atoms. The van der Waals surface area contributed by atoms with Crippen LogP contribution >= 0.6 is 0 Å². The molecule has 0 saturated heterocycles. The van der Waals surface area contributed by atoms with E-state index in [1.807, 2.05) is 18.5 Å². The van der Waals surface area contributed by atoms with Crippen molar-refractivity contribution in [2.75, 3.05) is 6.61 Å². The molecule has 0 aliphatic rings. The van der Waals surface area contributed by atoms with Gasteiger partial charge in [0.1, 0.15) is 12.4 Å². The third-order valence-corrected chi connectivity index (χ3v) is 2.66. The van der Waals surface area contributed by atoms with Crippen molar-refractivity contribution >= 4 is 17.0 Å². The third kappa shape index (κ3) is 2.14.